The molecule has 2 saturated heterocycles. The standard InChI is InChI=1S/C43H55N5O6/c1-7-15-35(49)42(3,4)37-22-13-20-32-30(47-32)19-11-12-24-39-44-27-34(48-39)41(52)54-38(43(5,6)36(50)16-8-2)23-14-21-31-29(46-31)18-10-9-17-28-25-26-33(45-28)40(51)53-37/h7-21,24,26-27,29-32,35-38,46-47,49-50H,22-23,25H2,1-6H3,(H,44,48)/b15-7+,16-8+,17-9-,18-10+,19-11+,20-13-,21-14-,24-12-/t29-,30-,31+,32+,35-,36-,37-,38-/m0/s1. The van der Waals surface area contributed by atoms with Gasteiger partial charge in [0.1, 0.15) is 29.4 Å². The Bertz CT molecular complexity index is 1800. The molecule has 0 aliphatic carbocycles. The van der Waals surface area contributed by atoms with E-state index in [1.54, 1.807) is 36.5 Å². The van der Waals surface area contributed by atoms with E-state index in [0.29, 0.717) is 25.1 Å². The van der Waals surface area contributed by atoms with Crippen molar-refractivity contribution in [3.63, 3.8) is 0 Å². The van der Waals surface area contributed by atoms with Gasteiger partial charge in [-0.05, 0) is 32.1 Å². The molecule has 0 spiro atoms. The Labute approximate surface area is 318 Å². The predicted octanol–water partition coefficient (Wildman–Crippen LogP) is 5.77. The number of carbonyl (C=O) groups is 2. The number of ether oxygens (including phenoxy) is 2. The number of carbonyl (C=O) groups excluding carboxylic acids is 2. The molecule has 4 bridgehead atoms. The van der Waals surface area contributed by atoms with Gasteiger partial charge in [0.05, 0.1) is 18.4 Å². The van der Waals surface area contributed by atoms with Crippen molar-refractivity contribution in [3.8, 4) is 0 Å². The minimum Gasteiger partial charge on any atom is -0.457 e. The minimum atomic E-state index is -0.825. The van der Waals surface area contributed by atoms with E-state index in [1.807, 2.05) is 102 Å². The maximum Gasteiger partial charge on any atom is 0.356 e. The highest BCUT2D eigenvalue weighted by Gasteiger charge is 2.40. The van der Waals surface area contributed by atoms with Gasteiger partial charge in [-0.1, -0.05) is 113 Å². The number of allylic oxidation sites excluding steroid dienone is 8. The van der Waals surface area contributed by atoms with Gasteiger partial charge in [0.25, 0.3) is 0 Å². The average molecular weight is 738 g/mol. The highest BCUT2D eigenvalue weighted by molar-refractivity contribution is 6.04. The molecule has 0 unspecified atom stereocenters. The van der Waals surface area contributed by atoms with Crippen LogP contribution in [-0.4, -0.2) is 86.4 Å². The summed E-state index contributed by atoms with van der Waals surface area (Å²) in [5.74, 6) is -0.554. The number of nitrogens with one attached hydrogen (secondary N) is 3. The Kier molecular flexibility index (Phi) is 13.6. The zero-order valence-electron chi connectivity index (χ0n) is 32.1. The number of H-pyrrole nitrogens is 1. The fourth-order valence-corrected chi connectivity index (χ4v) is 6.25. The van der Waals surface area contributed by atoms with Crippen LogP contribution in [0.2, 0.25) is 0 Å². The van der Waals surface area contributed by atoms with Crippen LogP contribution in [0.5, 0.6) is 0 Å². The second-order valence-electron chi connectivity index (χ2n) is 15.2. The van der Waals surface area contributed by atoms with Crippen LogP contribution in [0.4, 0.5) is 0 Å². The van der Waals surface area contributed by atoms with E-state index in [2.05, 4.69) is 31.7 Å². The second kappa shape index (κ2) is 18.1. The summed E-state index contributed by atoms with van der Waals surface area (Å²) in [6.45, 7) is 11.2. The summed E-state index contributed by atoms with van der Waals surface area (Å²) < 4.78 is 12.0. The first-order valence-corrected chi connectivity index (χ1v) is 18.7. The molecule has 5 heterocycles. The number of esters is 2. The SMILES string of the molecule is C/C=C/[C@H](O)C(C)(C)[C@@H]1C/C=C\[C@H]2N[C@H]2/C=C/C=C\c2ncc([nH]2)C(=O)O[C@H](C(C)(C)[C@@H](O)/C=C/C)C/C=C\[C@H]2N[C@H]2/C=C/C=C\C2=NC(=CC2)C(=O)O1. The summed E-state index contributed by atoms with van der Waals surface area (Å²) in [6, 6.07) is 0.510. The maximum absolute atomic E-state index is 13.3. The molecular weight excluding hydrogens is 683 g/mol. The number of aromatic amines is 1. The van der Waals surface area contributed by atoms with E-state index in [0.717, 1.165) is 5.71 Å². The quantitative estimate of drug-likeness (QED) is 0.138. The lowest BCUT2D eigenvalue weighted by atomic mass is 9.79. The molecule has 11 nitrogen and oxygen atoms in total. The van der Waals surface area contributed by atoms with Gasteiger partial charge in [-0.15, -0.1) is 0 Å². The van der Waals surface area contributed by atoms with E-state index < -0.39 is 47.2 Å². The van der Waals surface area contributed by atoms with Crippen LogP contribution in [0.25, 0.3) is 6.08 Å². The number of imidazole rings is 1. The molecular formula is C43H55N5O6. The van der Waals surface area contributed by atoms with Crippen molar-refractivity contribution in [1.82, 2.24) is 20.6 Å². The van der Waals surface area contributed by atoms with E-state index in [-0.39, 0.29) is 35.6 Å². The first kappa shape index (κ1) is 40.5. The molecule has 1 aromatic rings. The van der Waals surface area contributed by atoms with Crippen molar-refractivity contribution >= 4 is 23.7 Å². The number of aliphatic imine (C=N–C) groups is 1. The lowest BCUT2D eigenvalue weighted by Gasteiger charge is -2.36. The molecule has 54 heavy (non-hydrogen) atoms. The molecule has 5 rings (SSSR count). The molecule has 5 N–H and O–H groups in total. The Morgan fingerprint density at radius 2 is 1.28 bits per heavy atom. The molecule has 0 aromatic carbocycles. The highest BCUT2D eigenvalue weighted by Crippen LogP contribution is 2.34. The van der Waals surface area contributed by atoms with Crippen molar-refractivity contribution in [1.29, 1.82) is 0 Å². The number of cyclic esters (lactones) is 2. The molecule has 8 atom stereocenters. The van der Waals surface area contributed by atoms with Crippen molar-refractivity contribution in [2.24, 2.45) is 15.8 Å². The van der Waals surface area contributed by atoms with Gasteiger partial charge in [-0.3, -0.25) is 0 Å². The van der Waals surface area contributed by atoms with E-state index in [1.165, 1.54) is 6.20 Å². The summed E-state index contributed by atoms with van der Waals surface area (Å²) in [7, 11) is 0. The number of hydrogen-bond acceptors (Lipinski definition) is 10. The Morgan fingerprint density at radius 3 is 1.83 bits per heavy atom. The van der Waals surface area contributed by atoms with E-state index >= 15 is 0 Å². The third kappa shape index (κ3) is 10.7. The Morgan fingerprint density at radius 1 is 0.759 bits per heavy atom. The normalized spacial score (nSPS) is 31.8. The van der Waals surface area contributed by atoms with Crippen LogP contribution >= 0.6 is 0 Å². The number of nitrogens with zero attached hydrogens (tertiary/aromatic N) is 2. The molecule has 0 amide bonds. The van der Waals surface area contributed by atoms with Gasteiger partial charge in [0.2, 0.25) is 0 Å². The number of hydrogen-bond donors (Lipinski definition) is 5. The highest BCUT2D eigenvalue weighted by atomic mass is 16.6. The van der Waals surface area contributed by atoms with Gasteiger partial charge >= 0.3 is 11.9 Å². The number of aliphatic hydroxyl groups is 2. The predicted molar refractivity (Wildman–Crippen MR) is 212 cm³/mol. The van der Waals surface area contributed by atoms with Crippen molar-refractivity contribution < 1.29 is 29.3 Å². The van der Waals surface area contributed by atoms with Crippen LogP contribution in [-0.2, 0) is 14.3 Å². The van der Waals surface area contributed by atoms with Gasteiger partial charge in [-0.2, -0.15) is 0 Å². The number of aliphatic hydroxyl groups excluding tert-OH is 2. The molecule has 11 heteroatoms. The first-order valence-electron chi connectivity index (χ1n) is 18.7. The number of fused-ring (bicyclic) bond motifs is 5. The monoisotopic (exact) mass is 737 g/mol. The van der Waals surface area contributed by atoms with Gasteiger partial charge in [0.15, 0.2) is 0 Å². The zero-order valence-corrected chi connectivity index (χ0v) is 32.1. The Balaban J connectivity index is 1.34. The van der Waals surface area contributed by atoms with Crippen molar-refractivity contribution in [2.75, 3.05) is 0 Å². The fourth-order valence-electron chi connectivity index (χ4n) is 6.25. The lowest BCUT2D eigenvalue weighted by molar-refractivity contribution is -0.153. The molecule has 288 valence electrons. The van der Waals surface area contributed by atoms with Gasteiger partial charge < -0.3 is 35.3 Å². The fraction of sp³-hybridized carbons (Fsp3) is 0.442. The largest absolute Gasteiger partial charge is 0.457 e. The maximum atomic E-state index is 13.3. The lowest BCUT2D eigenvalue weighted by Crippen LogP contribution is -2.42. The second-order valence-corrected chi connectivity index (χ2v) is 15.2. The van der Waals surface area contributed by atoms with Crippen LogP contribution in [0.3, 0.4) is 0 Å². The molecule has 0 saturated carbocycles. The number of rotatable bonds is 6. The third-order valence-electron chi connectivity index (χ3n) is 10.3. The van der Waals surface area contributed by atoms with Crippen LogP contribution < -0.4 is 10.6 Å². The van der Waals surface area contributed by atoms with Crippen LogP contribution in [0.1, 0.15) is 77.1 Å². The Hall–Kier alpha value is -4.68. The third-order valence-corrected chi connectivity index (χ3v) is 10.3. The smallest absolute Gasteiger partial charge is 0.356 e. The first-order chi connectivity index (χ1) is 25.8. The molecule has 4 aliphatic heterocycles. The average Bonchev–Trinajstić information content (AvgIpc) is 3.93. The topological polar surface area (TPSA) is 178 Å². The summed E-state index contributed by atoms with van der Waals surface area (Å²) >= 11 is 0. The van der Waals surface area contributed by atoms with Crippen LogP contribution in [0.15, 0.2) is 114 Å². The van der Waals surface area contributed by atoms with Crippen LogP contribution in [0, 0.1) is 10.8 Å². The summed E-state index contributed by atoms with van der Waals surface area (Å²) in [6.07, 6.45) is 32.1. The van der Waals surface area contributed by atoms with E-state index in [9.17, 15) is 19.8 Å². The minimum absolute atomic E-state index is 0.116. The van der Waals surface area contributed by atoms with Crippen molar-refractivity contribution in [2.45, 2.75) is 109 Å². The van der Waals surface area contributed by atoms with Gasteiger partial charge in [0, 0.05) is 60.0 Å². The summed E-state index contributed by atoms with van der Waals surface area (Å²) in [4.78, 5) is 38.5. The van der Waals surface area contributed by atoms with Crippen molar-refractivity contribution in [3.05, 3.63) is 121 Å². The van der Waals surface area contributed by atoms with Gasteiger partial charge in [-0.25, -0.2) is 19.6 Å². The summed E-state index contributed by atoms with van der Waals surface area (Å²) in [5.41, 5.74) is -0.302. The van der Waals surface area contributed by atoms with E-state index in [4.69, 9.17) is 9.47 Å². The molecule has 0 radical (unpaired) electrons. The molecule has 2 fully saturated rings. The number of aromatic nitrogens is 2. The zero-order chi connectivity index (χ0) is 38.9. The molecule has 4 aliphatic rings. The summed E-state index contributed by atoms with van der Waals surface area (Å²) in [5, 5.41) is 28.6. The molecule has 1 aromatic heterocycles.